The molecule has 1 unspecified atom stereocenters. The van der Waals surface area contributed by atoms with Crippen molar-refractivity contribution in [1.82, 2.24) is 4.90 Å². The van der Waals surface area contributed by atoms with E-state index in [1.807, 2.05) is 13.1 Å². The predicted molar refractivity (Wildman–Crippen MR) is 79.7 cm³/mol. The zero-order chi connectivity index (χ0) is 14.4. The van der Waals surface area contributed by atoms with Crippen molar-refractivity contribution in [3.8, 4) is 0 Å². The molecule has 1 amide bonds. The van der Waals surface area contributed by atoms with Gasteiger partial charge in [0.25, 0.3) is 0 Å². The van der Waals surface area contributed by atoms with Crippen LogP contribution in [-0.2, 0) is 11.3 Å². The molecule has 0 saturated heterocycles. The van der Waals surface area contributed by atoms with Crippen LogP contribution in [0.5, 0.6) is 0 Å². The molecule has 1 atom stereocenters. The van der Waals surface area contributed by atoms with Crippen LogP contribution >= 0.6 is 0 Å². The summed E-state index contributed by atoms with van der Waals surface area (Å²) in [6, 6.07) is 8.25. The van der Waals surface area contributed by atoms with Crippen molar-refractivity contribution < 1.29 is 4.79 Å². The maximum Gasteiger partial charge on any atom is 0.227 e. The van der Waals surface area contributed by atoms with E-state index >= 15 is 0 Å². The molecule has 0 spiro atoms. The zero-order valence-corrected chi connectivity index (χ0v) is 12.5. The third-order valence-electron chi connectivity index (χ3n) is 3.27. The van der Waals surface area contributed by atoms with Crippen molar-refractivity contribution in [2.24, 2.45) is 17.6 Å². The van der Waals surface area contributed by atoms with Gasteiger partial charge in [0, 0.05) is 20.1 Å². The summed E-state index contributed by atoms with van der Waals surface area (Å²) in [6.45, 7) is 7.38. The third-order valence-corrected chi connectivity index (χ3v) is 3.27. The molecule has 0 bridgehead atoms. The quantitative estimate of drug-likeness (QED) is 0.856. The number of nitrogens with zero attached hydrogens (tertiary/aromatic N) is 1. The van der Waals surface area contributed by atoms with E-state index in [0.717, 1.165) is 12.0 Å². The minimum absolute atomic E-state index is 0.0604. The number of aryl methyl sites for hydroxylation is 1. The summed E-state index contributed by atoms with van der Waals surface area (Å²) < 4.78 is 0. The van der Waals surface area contributed by atoms with E-state index in [2.05, 4.69) is 39.0 Å². The minimum atomic E-state index is -0.0604. The Hall–Kier alpha value is -1.35. The standard InChI is InChI=1S/C16H26N2O/c1-12(2)8-15(10-17)16(19)18(4)11-14-7-5-6-13(3)9-14/h5-7,9,12,15H,8,10-11,17H2,1-4H3. The van der Waals surface area contributed by atoms with Gasteiger partial charge in [-0.2, -0.15) is 0 Å². The van der Waals surface area contributed by atoms with Crippen molar-refractivity contribution in [2.45, 2.75) is 33.7 Å². The van der Waals surface area contributed by atoms with Crippen LogP contribution in [0.2, 0.25) is 0 Å². The van der Waals surface area contributed by atoms with E-state index < -0.39 is 0 Å². The molecule has 0 aliphatic heterocycles. The Kier molecular flexibility index (Phi) is 6.03. The van der Waals surface area contributed by atoms with Crippen molar-refractivity contribution in [1.29, 1.82) is 0 Å². The lowest BCUT2D eigenvalue weighted by molar-refractivity contribution is -0.134. The normalized spacial score (nSPS) is 12.5. The minimum Gasteiger partial charge on any atom is -0.341 e. The molecule has 0 aromatic heterocycles. The van der Waals surface area contributed by atoms with Crippen molar-refractivity contribution in [3.63, 3.8) is 0 Å². The molecule has 0 fully saturated rings. The van der Waals surface area contributed by atoms with E-state index in [-0.39, 0.29) is 11.8 Å². The first-order chi connectivity index (χ1) is 8.93. The van der Waals surface area contributed by atoms with E-state index in [9.17, 15) is 4.79 Å². The number of amides is 1. The van der Waals surface area contributed by atoms with Gasteiger partial charge in [0.2, 0.25) is 5.91 Å². The molecule has 3 heteroatoms. The van der Waals surface area contributed by atoms with Crippen molar-refractivity contribution in [3.05, 3.63) is 35.4 Å². The first kappa shape index (κ1) is 15.7. The van der Waals surface area contributed by atoms with Gasteiger partial charge in [-0.3, -0.25) is 4.79 Å². The lowest BCUT2D eigenvalue weighted by Gasteiger charge is -2.24. The Labute approximate surface area is 116 Å². The molecular weight excluding hydrogens is 236 g/mol. The fourth-order valence-corrected chi connectivity index (χ4v) is 2.34. The summed E-state index contributed by atoms with van der Waals surface area (Å²) in [5.74, 6) is 0.581. The van der Waals surface area contributed by atoms with Gasteiger partial charge in [0.1, 0.15) is 0 Å². The molecule has 3 nitrogen and oxygen atoms in total. The zero-order valence-electron chi connectivity index (χ0n) is 12.5. The highest BCUT2D eigenvalue weighted by atomic mass is 16.2. The second-order valence-corrected chi connectivity index (χ2v) is 5.75. The van der Waals surface area contributed by atoms with Gasteiger partial charge >= 0.3 is 0 Å². The maximum atomic E-state index is 12.3. The number of carbonyl (C=O) groups is 1. The van der Waals surface area contributed by atoms with Gasteiger partial charge in [-0.25, -0.2) is 0 Å². The number of carbonyl (C=O) groups excluding carboxylic acids is 1. The summed E-state index contributed by atoms with van der Waals surface area (Å²) >= 11 is 0. The molecule has 0 aliphatic carbocycles. The van der Waals surface area contributed by atoms with E-state index in [4.69, 9.17) is 5.73 Å². The van der Waals surface area contributed by atoms with Crippen molar-refractivity contribution in [2.75, 3.05) is 13.6 Å². The Bertz CT molecular complexity index is 415. The topological polar surface area (TPSA) is 46.3 Å². The van der Waals surface area contributed by atoms with Crippen LogP contribution in [-0.4, -0.2) is 24.4 Å². The van der Waals surface area contributed by atoms with Crippen LogP contribution in [0.4, 0.5) is 0 Å². The fourth-order valence-electron chi connectivity index (χ4n) is 2.34. The Morgan fingerprint density at radius 1 is 1.37 bits per heavy atom. The molecule has 1 rings (SSSR count). The van der Waals surface area contributed by atoms with Gasteiger partial charge in [0.05, 0.1) is 5.92 Å². The summed E-state index contributed by atoms with van der Waals surface area (Å²) in [7, 11) is 1.85. The smallest absolute Gasteiger partial charge is 0.227 e. The van der Waals surface area contributed by atoms with Crippen LogP contribution in [0.25, 0.3) is 0 Å². The number of benzene rings is 1. The highest BCUT2D eigenvalue weighted by molar-refractivity contribution is 5.78. The Morgan fingerprint density at radius 2 is 2.05 bits per heavy atom. The predicted octanol–water partition coefficient (Wildman–Crippen LogP) is 2.57. The molecular formula is C16H26N2O. The van der Waals surface area contributed by atoms with E-state index in [1.165, 1.54) is 5.56 Å². The average Bonchev–Trinajstić information content (AvgIpc) is 2.34. The number of hydrogen-bond acceptors (Lipinski definition) is 2. The average molecular weight is 262 g/mol. The van der Waals surface area contributed by atoms with Crippen LogP contribution in [0.3, 0.4) is 0 Å². The van der Waals surface area contributed by atoms with Crippen LogP contribution in [0.15, 0.2) is 24.3 Å². The largest absolute Gasteiger partial charge is 0.341 e. The SMILES string of the molecule is Cc1cccc(CN(C)C(=O)C(CN)CC(C)C)c1. The molecule has 0 radical (unpaired) electrons. The van der Waals surface area contributed by atoms with Crippen LogP contribution < -0.4 is 5.73 Å². The number of rotatable bonds is 6. The highest BCUT2D eigenvalue weighted by Gasteiger charge is 2.21. The molecule has 1 aromatic carbocycles. The molecule has 0 saturated carbocycles. The summed E-state index contributed by atoms with van der Waals surface area (Å²) in [4.78, 5) is 14.1. The second kappa shape index (κ2) is 7.29. The van der Waals surface area contributed by atoms with Crippen molar-refractivity contribution >= 4 is 5.91 Å². The van der Waals surface area contributed by atoms with Gasteiger partial charge in [-0.05, 0) is 24.8 Å². The first-order valence-electron chi connectivity index (χ1n) is 6.94. The fraction of sp³-hybridized carbons (Fsp3) is 0.562. The molecule has 0 heterocycles. The Balaban J connectivity index is 2.65. The summed E-state index contributed by atoms with van der Waals surface area (Å²) in [6.07, 6.45) is 0.855. The number of nitrogens with two attached hydrogens (primary N) is 1. The lowest BCUT2D eigenvalue weighted by atomic mass is 9.96. The Morgan fingerprint density at radius 3 is 2.58 bits per heavy atom. The molecule has 0 aliphatic rings. The monoisotopic (exact) mass is 262 g/mol. The first-order valence-corrected chi connectivity index (χ1v) is 6.94. The van der Waals surface area contributed by atoms with Crippen LogP contribution in [0.1, 0.15) is 31.4 Å². The van der Waals surface area contributed by atoms with E-state index in [0.29, 0.717) is 19.0 Å². The molecule has 19 heavy (non-hydrogen) atoms. The molecule has 2 N–H and O–H groups in total. The van der Waals surface area contributed by atoms with E-state index in [1.54, 1.807) is 4.90 Å². The maximum absolute atomic E-state index is 12.3. The highest BCUT2D eigenvalue weighted by Crippen LogP contribution is 2.15. The lowest BCUT2D eigenvalue weighted by Crippen LogP contribution is -2.37. The third kappa shape index (κ3) is 5.03. The van der Waals surface area contributed by atoms with Crippen LogP contribution in [0, 0.1) is 18.8 Å². The van der Waals surface area contributed by atoms with Gasteiger partial charge in [-0.1, -0.05) is 43.7 Å². The second-order valence-electron chi connectivity index (χ2n) is 5.75. The molecule has 1 aromatic rings. The van der Waals surface area contributed by atoms with Gasteiger partial charge in [0.15, 0.2) is 0 Å². The summed E-state index contributed by atoms with van der Waals surface area (Å²) in [5.41, 5.74) is 8.11. The van der Waals surface area contributed by atoms with Gasteiger partial charge < -0.3 is 10.6 Å². The van der Waals surface area contributed by atoms with Gasteiger partial charge in [-0.15, -0.1) is 0 Å². The number of hydrogen-bond donors (Lipinski definition) is 1. The molecule has 106 valence electrons. The summed E-state index contributed by atoms with van der Waals surface area (Å²) in [5, 5.41) is 0.